The summed E-state index contributed by atoms with van der Waals surface area (Å²) in [5, 5.41) is 4.18. The fourth-order valence-electron chi connectivity index (χ4n) is 1.55. The SMILES string of the molecule is CSc1ccccc1C(N)c1ccsc1. The first-order valence-electron chi connectivity index (χ1n) is 4.73. The first-order chi connectivity index (χ1) is 7.33. The molecule has 2 aromatic rings. The summed E-state index contributed by atoms with van der Waals surface area (Å²) in [6, 6.07) is 10.4. The van der Waals surface area contributed by atoms with E-state index >= 15 is 0 Å². The molecule has 2 N–H and O–H groups in total. The smallest absolute Gasteiger partial charge is 0.0570 e. The second-order valence-corrected chi connectivity index (χ2v) is 4.90. The van der Waals surface area contributed by atoms with Crippen LogP contribution in [0.2, 0.25) is 0 Å². The summed E-state index contributed by atoms with van der Waals surface area (Å²) in [5.74, 6) is 0. The third kappa shape index (κ3) is 2.25. The van der Waals surface area contributed by atoms with Crippen LogP contribution < -0.4 is 5.73 Å². The van der Waals surface area contributed by atoms with E-state index in [1.807, 2.05) is 6.07 Å². The van der Waals surface area contributed by atoms with Crippen molar-refractivity contribution in [3.8, 4) is 0 Å². The quantitative estimate of drug-likeness (QED) is 0.824. The molecule has 78 valence electrons. The van der Waals surface area contributed by atoms with Gasteiger partial charge in [0.2, 0.25) is 0 Å². The molecule has 1 unspecified atom stereocenters. The van der Waals surface area contributed by atoms with Crippen molar-refractivity contribution >= 4 is 23.1 Å². The fraction of sp³-hybridized carbons (Fsp3) is 0.167. The average molecular weight is 235 g/mol. The number of benzene rings is 1. The summed E-state index contributed by atoms with van der Waals surface area (Å²) in [6.45, 7) is 0. The molecular weight excluding hydrogens is 222 g/mol. The Labute approximate surface area is 98.3 Å². The van der Waals surface area contributed by atoms with Crippen LogP contribution in [0.4, 0.5) is 0 Å². The Kier molecular flexibility index (Phi) is 3.46. The highest BCUT2D eigenvalue weighted by Gasteiger charge is 2.12. The van der Waals surface area contributed by atoms with Gasteiger partial charge in [-0.2, -0.15) is 11.3 Å². The minimum atomic E-state index is -0.0000926. The van der Waals surface area contributed by atoms with Crippen molar-refractivity contribution in [2.24, 2.45) is 5.73 Å². The van der Waals surface area contributed by atoms with Crippen LogP contribution in [0.1, 0.15) is 17.2 Å². The fourth-order valence-corrected chi connectivity index (χ4v) is 2.90. The number of hydrogen-bond acceptors (Lipinski definition) is 3. The van der Waals surface area contributed by atoms with Crippen LogP contribution in [0.5, 0.6) is 0 Å². The lowest BCUT2D eigenvalue weighted by molar-refractivity contribution is 0.853. The van der Waals surface area contributed by atoms with Gasteiger partial charge in [-0.25, -0.2) is 0 Å². The monoisotopic (exact) mass is 235 g/mol. The Balaban J connectivity index is 2.37. The van der Waals surface area contributed by atoms with E-state index in [0.717, 1.165) is 0 Å². The Morgan fingerprint density at radius 2 is 2.07 bits per heavy atom. The van der Waals surface area contributed by atoms with Crippen LogP contribution in [-0.4, -0.2) is 6.26 Å². The molecule has 15 heavy (non-hydrogen) atoms. The predicted octanol–water partition coefficient (Wildman–Crippen LogP) is 3.52. The van der Waals surface area contributed by atoms with Gasteiger partial charge in [0.25, 0.3) is 0 Å². The number of thioether (sulfide) groups is 1. The van der Waals surface area contributed by atoms with Gasteiger partial charge in [-0.3, -0.25) is 0 Å². The molecule has 0 aliphatic rings. The molecule has 1 atom stereocenters. The first kappa shape index (κ1) is 10.7. The van der Waals surface area contributed by atoms with Gasteiger partial charge in [0.15, 0.2) is 0 Å². The van der Waals surface area contributed by atoms with Crippen molar-refractivity contribution in [3.63, 3.8) is 0 Å². The first-order valence-corrected chi connectivity index (χ1v) is 6.90. The van der Waals surface area contributed by atoms with E-state index in [1.54, 1.807) is 23.1 Å². The second kappa shape index (κ2) is 4.84. The Morgan fingerprint density at radius 3 is 2.73 bits per heavy atom. The molecule has 0 aliphatic heterocycles. The van der Waals surface area contributed by atoms with E-state index < -0.39 is 0 Å². The molecular formula is C12H13NS2. The molecule has 0 bridgehead atoms. The van der Waals surface area contributed by atoms with E-state index in [1.165, 1.54) is 16.0 Å². The molecule has 0 spiro atoms. The van der Waals surface area contributed by atoms with Crippen LogP contribution in [-0.2, 0) is 0 Å². The average Bonchev–Trinajstić information content (AvgIpc) is 2.81. The van der Waals surface area contributed by atoms with Crippen LogP contribution in [0, 0.1) is 0 Å². The maximum Gasteiger partial charge on any atom is 0.0570 e. The zero-order chi connectivity index (χ0) is 10.7. The molecule has 1 aromatic heterocycles. The van der Waals surface area contributed by atoms with Crippen molar-refractivity contribution in [1.29, 1.82) is 0 Å². The third-order valence-electron chi connectivity index (χ3n) is 2.38. The molecule has 0 saturated heterocycles. The minimum absolute atomic E-state index is 0.0000926. The minimum Gasteiger partial charge on any atom is -0.320 e. The molecule has 1 heterocycles. The number of nitrogens with two attached hydrogens (primary N) is 1. The van der Waals surface area contributed by atoms with Gasteiger partial charge in [-0.1, -0.05) is 18.2 Å². The van der Waals surface area contributed by atoms with Crippen molar-refractivity contribution < 1.29 is 0 Å². The van der Waals surface area contributed by atoms with Gasteiger partial charge in [0.1, 0.15) is 0 Å². The van der Waals surface area contributed by atoms with E-state index in [0.29, 0.717) is 0 Å². The van der Waals surface area contributed by atoms with Gasteiger partial charge >= 0.3 is 0 Å². The lowest BCUT2D eigenvalue weighted by Gasteiger charge is -2.13. The van der Waals surface area contributed by atoms with E-state index in [-0.39, 0.29) is 6.04 Å². The summed E-state index contributed by atoms with van der Waals surface area (Å²) >= 11 is 3.43. The molecule has 3 heteroatoms. The molecule has 0 saturated carbocycles. The molecule has 0 radical (unpaired) electrons. The number of rotatable bonds is 3. The molecule has 0 fully saturated rings. The standard InChI is InChI=1S/C12H13NS2/c1-14-11-5-3-2-4-10(11)12(13)9-6-7-15-8-9/h2-8,12H,13H2,1H3. The highest BCUT2D eigenvalue weighted by molar-refractivity contribution is 7.98. The van der Waals surface area contributed by atoms with E-state index in [2.05, 4.69) is 41.3 Å². The summed E-state index contributed by atoms with van der Waals surface area (Å²) in [5.41, 5.74) is 8.64. The zero-order valence-corrected chi connectivity index (χ0v) is 10.1. The van der Waals surface area contributed by atoms with Crippen molar-refractivity contribution in [2.75, 3.05) is 6.26 Å². The Hall–Kier alpha value is -0.770. The lowest BCUT2D eigenvalue weighted by atomic mass is 10.0. The summed E-state index contributed by atoms with van der Waals surface area (Å²) < 4.78 is 0. The van der Waals surface area contributed by atoms with Crippen LogP contribution in [0.15, 0.2) is 46.0 Å². The second-order valence-electron chi connectivity index (χ2n) is 3.28. The topological polar surface area (TPSA) is 26.0 Å². The number of hydrogen-bond donors (Lipinski definition) is 1. The molecule has 0 amide bonds. The molecule has 1 nitrogen and oxygen atoms in total. The van der Waals surface area contributed by atoms with Gasteiger partial charge in [-0.05, 0) is 40.3 Å². The van der Waals surface area contributed by atoms with E-state index in [9.17, 15) is 0 Å². The molecule has 2 rings (SSSR count). The van der Waals surface area contributed by atoms with Crippen molar-refractivity contribution in [1.82, 2.24) is 0 Å². The Morgan fingerprint density at radius 1 is 1.27 bits per heavy atom. The van der Waals surface area contributed by atoms with E-state index in [4.69, 9.17) is 5.73 Å². The highest BCUT2D eigenvalue weighted by atomic mass is 32.2. The van der Waals surface area contributed by atoms with Crippen LogP contribution in [0.3, 0.4) is 0 Å². The van der Waals surface area contributed by atoms with Crippen molar-refractivity contribution in [3.05, 3.63) is 52.2 Å². The van der Waals surface area contributed by atoms with Crippen molar-refractivity contribution in [2.45, 2.75) is 10.9 Å². The van der Waals surface area contributed by atoms with Crippen LogP contribution >= 0.6 is 23.1 Å². The summed E-state index contributed by atoms with van der Waals surface area (Å²) in [6.07, 6.45) is 2.08. The predicted molar refractivity (Wildman–Crippen MR) is 68.6 cm³/mol. The summed E-state index contributed by atoms with van der Waals surface area (Å²) in [7, 11) is 0. The lowest BCUT2D eigenvalue weighted by Crippen LogP contribution is -2.11. The maximum atomic E-state index is 6.23. The summed E-state index contributed by atoms with van der Waals surface area (Å²) in [4.78, 5) is 1.26. The molecule has 0 aliphatic carbocycles. The zero-order valence-electron chi connectivity index (χ0n) is 8.51. The van der Waals surface area contributed by atoms with Gasteiger partial charge < -0.3 is 5.73 Å². The molecule has 1 aromatic carbocycles. The van der Waals surface area contributed by atoms with Crippen LogP contribution in [0.25, 0.3) is 0 Å². The normalized spacial score (nSPS) is 12.7. The maximum absolute atomic E-state index is 6.23. The largest absolute Gasteiger partial charge is 0.320 e. The van der Waals surface area contributed by atoms with Gasteiger partial charge in [0.05, 0.1) is 6.04 Å². The number of thiophene rings is 1. The Bertz CT molecular complexity index is 423. The highest BCUT2D eigenvalue weighted by Crippen LogP contribution is 2.29. The van der Waals surface area contributed by atoms with Gasteiger partial charge in [-0.15, -0.1) is 11.8 Å². The van der Waals surface area contributed by atoms with Gasteiger partial charge in [0, 0.05) is 4.90 Å². The third-order valence-corrected chi connectivity index (χ3v) is 3.89.